The van der Waals surface area contributed by atoms with Crippen molar-refractivity contribution in [3.8, 4) is 5.75 Å². The van der Waals surface area contributed by atoms with Crippen molar-refractivity contribution in [1.82, 2.24) is 9.80 Å². The molecular formula is C28H35N3O3. The Kier molecular flexibility index (Phi) is 6.86. The molecule has 180 valence electrons. The highest BCUT2D eigenvalue weighted by Gasteiger charge is 2.27. The third kappa shape index (κ3) is 4.83. The van der Waals surface area contributed by atoms with Crippen LogP contribution in [0.3, 0.4) is 0 Å². The number of ether oxygens (including phenoxy) is 1. The molecule has 2 saturated heterocycles. The first-order valence-corrected chi connectivity index (χ1v) is 12.8. The van der Waals surface area contributed by atoms with E-state index in [9.17, 15) is 9.59 Å². The minimum atomic E-state index is 0.0791. The summed E-state index contributed by atoms with van der Waals surface area (Å²) in [5.41, 5.74) is 3.52. The quantitative estimate of drug-likeness (QED) is 0.557. The largest absolute Gasteiger partial charge is 0.494 e. The summed E-state index contributed by atoms with van der Waals surface area (Å²) < 4.78 is 6.05. The van der Waals surface area contributed by atoms with Gasteiger partial charge in [0.1, 0.15) is 5.75 Å². The summed E-state index contributed by atoms with van der Waals surface area (Å²) in [5, 5.41) is 0. The number of amides is 2. The Morgan fingerprint density at radius 3 is 2.53 bits per heavy atom. The van der Waals surface area contributed by atoms with Crippen molar-refractivity contribution in [3.05, 3.63) is 53.6 Å². The second-order valence-corrected chi connectivity index (χ2v) is 9.80. The third-order valence-electron chi connectivity index (χ3n) is 7.46. The molecule has 3 heterocycles. The van der Waals surface area contributed by atoms with Crippen LogP contribution in [0.2, 0.25) is 0 Å². The lowest BCUT2D eigenvalue weighted by molar-refractivity contribution is -0.118. The van der Waals surface area contributed by atoms with Crippen LogP contribution in [0, 0.1) is 0 Å². The van der Waals surface area contributed by atoms with Crippen molar-refractivity contribution >= 4 is 23.2 Å². The number of hydrogen-bond acceptors (Lipinski definition) is 4. The Labute approximate surface area is 202 Å². The number of carbonyl (C=O) groups excluding carboxylic acids is 2. The molecule has 0 aromatic heterocycles. The fourth-order valence-corrected chi connectivity index (χ4v) is 5.48. The number of carbonyl (C=O) groups is 2. The number of hydrogen-bond donors (Lipinski definition) is 0. The molecule has 3 aliphatic heterocycles. The fraction of sp³-hybridized carbons (Fsp3) is 0.500. The van der Waals surface area contributed by atoms with Crippen LogP contribution in [0.15, 0.2) is 42.5 Å². The maximum absolute atomic E-state index is 12.8. The minimum absolute atomic E-state index is 0.0791. The van der Waals surface area contributed by atoms with Gasteiger partial charge in [0.05, 0.1) is 12.3 Å². The van der Waals surface area contributed by atoms with Gasteiger partial charge in [-0.2, -0.15) is 0 Å². The number of nitrogens with zero attached hydrogens (tertiary/aromatic N) is 3. The predicted molar refractivity (Wildman–Crippen MR) is 134 cm³/mol. The lowest BCUT2D eigenvalue weighted by Crippen LogP contribution is -2.31. The average Bonchev–Trinajstić information content (AvgIpc) is 3.54. The summed E-state index contributed by atoms with van der Waals surface area (Å²) >= 11 is 0. The van der Waals surface area contributed by atoms with Crippen LogP contribution < -0.4 is 9.64 Å². The number of likely N-dealkylation sites (tertiary alicyclic amines) is 2. The van der Waals surface area contributed by atoms with Crippen LogP contribution in [0.1, 0.15) is 61.4 Å². The maximum Gasteiger partial charge on any atom is 0.253 e. The normalized spacial score (nSPS) is 20.6. The van der Waals surface area contributed by atoms with Crippen molar-refractivity contribution in [1.29, 1.82) is 0 Å². The third-order valence-corrected chi connectivity index (χ3v) is 7.46. The molecular weight excluding hydrogens is 426 g/mol. The second kappa shape index (κ2) is 10.2. The molecule has 34 heavy (non-hydrogen) atoms. The number of rotatable bonds is 7. The summed E-state index contributed by atoms with van der Waals surface area (Å²) in [6.07, 6.45) is 6.97. The molecule has 0 aliphatic carbocycles. The first kappa shape index (κ1) is 22.9. The van der Waals surface area contributed by atoms with Crippen LogP contribution in [0.5, 0.6) is 5.75 Å². The summed E-state index contributed by atoms with van der Waals surface area (Å²) in [5.74, 6) is 1.03. The lowest BCUT2D eigenvalue weighted by Gasteiger charge is -2.30. The van der Waals surface area contributed by atoms with Crippen LogP contribution in [-0.2, 0) is 11.2 Å². The number of fused-ring (bicyclic) bond motifs is 1. The highest BCUT2D eigenvalue weighted by Crippen LogP contribution is 2.36. The van der Waals surface area contributed by atoms with E-state index in [1.54, 1.807) is 4.90 Å². The van der Waals surface area contributed by atoms with E-state index in [2.05, 4.69) is 17.9 Å². The molecule has 3 aliphatic rings. The molecule has 2 aromatic rings. The van der Waals surface area contributed by atoms with Gasteiger partial charge in [0.2, 0.25) is 5.91 Å². The van der Waals surface area contributed by atoms with Gasteiger partial charge >= 0.3 is 0 Å². The van der Waals surface area contributed by atoms with E-state index in [1.165, 1.54) is 19.4 Å². The molecule has 0 bridgehead atoms. The van der Waals surface area contributed by atoms with E-state index in [0.29, 0.717) is 24.6 Å². The Balaban J connectivity index is 1.24. The molecule has 6 nitrogen and oxygen atoms in total. The number of anilines is 2. The van der Waals surface area contributed by atoms with Gasteiger partial charge in [-0.1, -0.05) is 0 Å². The zero-order valence-electron chi connectivity index (χ0n) is 20.2. The number of benzene rings is 2. The summed E-state index contributed by atoms with van der Waals surface area (Å²) in [4.78, 5) is 31.7. The predicted octanol–water partition coefficient (Wildman–Crippen LogP) is 4.79. The topological polar surface area (TPSA) is 53.1 Å². The van der Waals surface area contributed by atoms with E-state index in [1.807, 2.05) is 41.3 Å². The molecule has 0 saturated carbocycles. The van der Waals surface area contributed by atoms with Gasteiger partial charge in [0, 0.05) is 43.3 Å². The molecule has 0 spiro atoms. The van der Waals surface area contributed by atoms with Crippen LogP contribution in [0.25, 0.3) is 0 Å². The van der Waals surface area contributed by atoms with Gasteiger partial charge in [-0.05, 0) is 100 Å². The Morgan fingerprint density at radius 1 is 1.00 bits per heavy atom. The molecule has 0 radical (unpaired) electrons. The van der Waals surface area contributed by atoms with E-state index < -0.39 is 0 Å². The smallest absolute Gasteiger partial charge is 0.253 e. The van der Waals surface area contributed by atoms with Crippen molar-refractivity contribution in [2.45, 2.75) is 57.9 Å². The second-order valence-electron chi connectivity index (χ2n) is 9.80. The molecule has 2 fully saturated rings. The Hall–Kier alpha value is -2.86. The van der Waals surface area contributed by atoms with Crippen LogP contribution in [-0.4, -0.2) is 60.4 Å². The highest BCUT2D eigenvalue weighted by atomic mass is 16.5. The van der Waals surface area contributed by atoms with E-state index in [4.69, 9.17) is 4.74 Å². The van der Waals surface area contributed by atoms with E-state index in [-0.39, 0.29) is 11.8 Å². The van der Waals surface area contributed by atoms with Crippen molar-refractivity contribution in [2.24, 2.45) is 0 Å². The summed E-state index contributed by atoms with van der Waals surface area (Å²) in [6, 6.07) is 14.2. The molecule has 1 atom stereocenters. The standard InChI is InChI=1S/C28H35N3O3/c1-21-6-4-17-29(21)18-5-19-34-25-12-13-26-23(20-25)9-14-27(32)31(26)24-10-7-22(8-11-24)28(33)30-15-2-3-16-30/h7-8,10-13,20-21H,2-6,9,14-19H2,1H3/t21-/m1/s1. The SMILES string of the molecule is C[C@@H]1CCCN1CCCOc1ccc2c(c1)CCC(=O)N2c1ccc(C(=O)N2CCCC2)cc1. The van der Waals surface area contributed by atoms with Gasteiger partial charge in [-0.15, -0.1) is 0 Å². The van der Waals surface area contributed by atoms with Gasteiger partial charge in [0.15, 0.2) is 0 Å². The van der Waals surface area contributed by atoms with Crippen molar-refractivity contribution in [3.63, 3.8) is 0 Å². The molecule has 5 rings (SSSR count). The van der Waals surface area contributed by atoms with Gasteiger partial charge in [-0.3, -0.25) is 14.5 Å². The van der Waals surface area contributed by atoms with Crippen LogP contribution in [0.4, 0.5) is 11.4 Å². The summed E-state index contributed by atoms with van der Waals surface area (Å²) in [7, 11) is 0. The molecule has 0 unspecified atom stereocenters. The zero-order valence-corrected chi connectivity index (χ0v) is 20.2. The van der Waals surface area contributed by atoms with Crippen molar-refractivity contribution < 1.29 is 14.3 Å². The number of aryl methyl sites for hydroxylation is 1. The minimum Gasteiger partial charge on any atom is -0.494 e. The highest BCUT2D eigenvalue weighted by molar-refractivity contribution is 6.03. The molecule has 2 aromatic carbocycles. The lowest BCUT2D eigenvalue weighted by atomic mass is 9.99. The van der Waals surface area contributed by atoms with Gasteiger partial charge in [0.25, 0.3) is 5.91 Å². The summed E-state index contributed by atoms with van der Waals surface area (Å²) in [6.45, 7) is 6.98. The van der Waals surface area contributed by atoms with Crippen molar-refractivity contribution in [2.75, 3.05) is 37.7 Å². The molecule has 6 heteroatoms. The van der Waals surface area contributed by atoms with E-state index in [0.717, 1.165) is 68.0 Å². The van der Waals surface area contributed by atoms with Crippen LogP contribution >= 0.6 is 0 Å². The fourth-order valence-electron chi connectivity index (χ4n) is 5.48. The molecule has 2 amide bonds. The monoisotopic (exact) mass is 461 g/mol. The zero-order chi connectivity index (χ0) is 23.5. The first-order chi connectivity index (χ1) is 16.6. The Bertz CT molecular complexity index is 1030. The first-order valence-electron chi connectivity index (χ1n) is 12.8. The average molecular weight is 462 g/mol. The van der Waals surface area contributed by atoms with Gasteiger partial charge in [-0.25, -0.2) is 0 Å². The maximum atomic E-state index is 12.8. The Morgan fingerprint density at radius 2 is 1.79 bits per heavy atom. The van der Waals surface area contributed by atoms with Gasteiger partial charge < -0.3 is 14.5 Å². The molecule has 0 N–H and O–H groups in total. The van der Waals surface area contributed by atoms with E-state index >= 15 is 0 Å².